The molecule has 0 atom stereocenters. The van der Waals surface area contributed by atoms with Crippen molar-refractivity contribution >= 4 is 5.91 Å². The van der Waals surface area contributed by atoms with Crippen LogP contribution in [0.1, 0.15) is 30.7 Å². The Morgan fingerprint density at radius 1 is 1.31 bits per heavy atom. The van der Waals surface area contributed by atoms with Crippen LogP contribution in [0, 0.1) is 6.92 Å². The molecule has 136 valence electrons. The lowest BCUT2D eigenvalue weighted by atomic mass is 10.1. The standard InChI is InChI=1S/C21H24N2O3/c1-15-19(8-5-9-20(24)22-14-16-6-3-4-7-16)23-21(26-15)17-10-12-18(25-2)13-11-17/h3-4,6,10-13H,5,7-9,14H2,1-2H3,(H,22,24). The van der Waals surface area contributed by atoms with E-state index in [0.29, 0.717) is 18.9 Å². The highest BCUT2D eigenvalue weighted by atomic mass is 16.5. The molecule has 5 nitrogen and oxygen atoms in total. The Balaban J connectivity index is 1.48. The maximum absolute atomic E-state index is 11.9. The summed E-state index contributed by atoms with van der Waals surface area (Å²) < 4.78 is 10.9. The van der Waals surface area contributed by atoms with Gasteiger partial charge in [-0.05, 0) is 56.0 Å². The number of nitrogens with zero attached hydrogens (tertiary/aromatic N) is 1. The molecule has 1 aromatic heterocycles. The molecular weight excluding hydrogens is 328 g/mol. The van der Waals surface area contributed by atoms with Crippen LogP contribution in [0.25, 0.3) is 11.5 Å². The highest BCUT2D eigenvalue weighted by molar-refractivity contribution is 5.76. The van der Waals surface area contributed by atoms with E-state index in [9.17, 15) is 4.79 Å². The third kappa shape index (κ3) is 4.63. The number of aryl methyl sites for hydroxylation is 2. The van der Waals surface area contributed by atoms with Crippen LogP contribution in [0.3, 0.4) is 0 Å². The van der Waals surface area contributed by atoms with Crippen LogP contribution in [0.2, 0.25) is 0 Å². The quantitative estimate of drug-likeness (QED) is 0.780. The van der Waals surface area contributed by atoms with Crippen molar-refractivity contribution in [3.05, 3.63) is 59.5 Å². The van der Waals surface area contributed by atoms with Crippen molar-refractivity contribution in [2.45, 2.75) is 32.6 Å². The van der Waals surface area contributed by atoms with E-state index in [1.54, 1.807) is 7.11 Å². The normalized spacial score (nSPS) is 12.9. The van der Waals surface area contributed by atoms with E-state index in [1.807, 2.05) is 37.3 Å². The molecule has 0 radical (unpaired) electrons. The average molecular weight is 352 g/mol. The van der Waals surface area contributed by atoms with Gasteiger partial charge in [0, 0.05) is 18.5 Å². The number of methoxy groups -OCH3 is 1. The van der Waals surface area contributed by atoms with E-state index in [0.717, 1.165) is 42.0 Å². The molecule has 0 bridgehead atoms. The van der Waals surface area contributed by atoms with Gasteiger partial charge in [0.2, 0.25) is 11.8 Å². The monoisotopic (exact) mass is 352 g/mol. The van der Waals surface area contributed by atoms with Gasteiger partial charge in [0.1, 0.15) is 11.5 Å². The van der Waals surface area contributed by atoms with E-state index >= 15 is 0 Å². The molecule has 26 heavy (non-hydrogen) atoms. The maximum atomic E-state index is 11.9. The summed E-state index contributed by atoms with van der Waals surface area (Å²) in [5, 5.41) is 2.96. The van der Waals surface area contributed by atoms with Crippen molar-refractivity contribution in [3.8, 4) is 17.2 Å². The summed E-state index contributed by atoms with van der Waals surface area (Å²) in [6.45, 7) is 2.55. The lowest BCUT2D eigenvalue weighted by Crippen LogP contribution is -2.25. The number of oxazole rings is 1. The fourth-order valence-corrected chi connectivity index (χ4v) is 2.86. The first-order valence-corrected chi connectivity index (χ1v) is 8.87. The molecule has 1 N–H and O–H groups in total. The second-order valence-electron chi connectivity index (χ2n) is 6.34. The summed E-state index contributed by atoms with van der Waals surface area (Å²) >= 11 is 0. The predicted molar refractivity (Wildman–Crippen MR) is 101 cm³/mol. The number of nitrogens with one attached hydrogen (secondary N) is 1. The Morgan fingerprint density at radius 3 is 2.81 bits per heavy atom. The Bertz CT molecular complexity index is 816. The first-order valence-electron chi connectivity index (χ1n) is 8.87. The van der Waals surface area contributed by atoms with Crippen LogP contribution >= 0.6 is 0 Å². The Kier molecular flexibility index (Phi) is 5.89. The minimum atomic E-state index is 0.0781. The molecule has 1 aliphatic carbocycles. The molecule has 1 aliphatic rings. The molecule has 1 aromatic carbocycles. The number of carbonyl (C=O) groups is 1. The van der Waals surface area contributed by atoms with Gasteiger partial charge in [-0.1, -0.05) is 18.2 Å². The number of ether oxygens (including phenoxy) is 1. The zero-order valence-corrected chi connectivity index (χ0v) is 15.2. The molecule has 5 heteroatoms. The molecule has 0 saturated heterocycles. The van der Waals surface area contributed by atoms with Crippen molar-refractivity contribution in [2.24, 2.45) is 0 Å². The summed E-state index contributed by atoms with van der Waals surface area (Å²) in [4.78, 5) is 16.5. The van der Waals surface area contributed by atoms with Gasteiger partial charge in [-0.25, -0.2) is 4.98 Å². The van der Waals surface area contributed by atoms with E-state index < -0.39 is 0 Å². The SMILES string of the molecule is COc1ccc(-c2nc(CCCC(=O)NCC3=CC=CC3)c(C)o2)cc1. The van der Waals surface area contributed by atoms with E-state index in [2.05, 4.69) is 22.5 Å². The maximum Gasteiger partial charge on any atom is 0.226 e. The van der Waals surface area contributed by atoms with Crippen molar-refractivity contribution in [1.82, 2.24) is 10.3 Å². The first-order chi connectivity index (χ1) is 12.7. The molecular formula is C21H24N2O3. The third-order valence-corrected chi connectivity index (χ3v) is 4.41. The number of hydrogen-bond donors (Lipinski definition) is 1. The molecule has 1 heterocycles. The Labute approximate surface area is 153 Å². The number of rotatable bonds is 8. The predicted octanol–water partition coefficient (Wildman–Crippen LogP) is 3.98. The lowest BCUT2D eigenvalue weighted by Gasteiger charge is -2.05. The zero-order valence-electron chi connectivity index (χ0n) is 15.2. The molecule has 0 spiro atoms. The number of aromatic nitrogens is 1. The smallest absolute Gasteiger partial charge is 0.226 e. The van der Waals surface area contributed by atoms with Gasteiger partial charge in [-0.3, -0.25) is 4.79 Å². The number of benzene rings is 1. The van der Waals surface area contributed by atoms with Crippen molar-refractivity contribution < 1.29 is 13.9 Å². The van der Waals surface area contributed by atoms with Gasteiger partial charge >= 0.3 is 0 Å². The third-order valence-electron chi connectivity index (χ3n) is 4.41. The van der Waals surface area contributed by atoms with Gasteiger partial charge in [0.05, 0.1) is 12.8 Å². The molecule has 0 fully saturated rings. The fourth-order valence-electron chi connectivity index (χ4n) is 2.86. The van der Waals surface area contributed by atoms with Gasteiger partial charge in [0.15, 0.2) is 0 Å². The number of carbonyl (C=O) groups excluding carboxylic acids is 1. The minimum Gasteiger partial charge on any atom is -0.497 e. The summed E-state index contributed by atoms with van der Waals surface area (Å²) in [5.74, 6) is 2.28. The average Bonchev–Trinajstić information content (AvgIpc) is 3.30. The number of amides is 1. The van der Waals surface area contributed by atoms with Crippen LogP contribution in [0.15, 0.2) is 52.5 Å². The number of allylic oxidation sites excluding steroid dienone is 3. The summed E-state index contributed by atoms with van der Waals surface area (Å²) in [6.07, 6.45) is 9.07. The molecule has 0 unspecified atom stereocenters. The lowest BCUT2D eigenvalue weighted by molar-refractivity contribution is -0.121. The number of hydrogen-bond acceptors (Lipinski definition) is 4. The fraction of sp³-hybridized carbons (Fsp3) is 0.333. The summed E-state index contributed by atoms with van der Waals surface area (Å²) in [7, 11) is 1.64. The summed E-state index contributed by atoms with van der Waals surface area (Å²) in [6, 6.07) is 7.62. The summed E-state index contributed by atoms with van der Waals surface area (Å²) in [5.41, 5.74) is 3.07. The van der Waals surface area contributed by atoms with E-state index in [-0.39, 0.29) is 5.91 Å². The Morgan fingerprint density at radius 2 is 2.12 bits per heavy atom. The highest BCUT2D eigenvalue weighted by Crippen LogP contribution is 2.24. The van der Waals surface area contributed by atoms with Crippen LogP contribution in [-0.2, 0) is 11.2 Å². The van der Waals surface area contributed by atoms with Crippen LogP contribution in [0.5, 0.6) is 5.75 Å². The van der Waals surface area contributed by atoms with Gasteiger partial charge < -0.3 is 14.5 Å². The second kappa shape index (κ2) is 8.52. The largest absolute Gasteiger partial charge is 0.497 e. The van der Waals surface area contributed by atoms with Gasteiger partial charge in [-0.2, -0.15) is 0 Å². The van der Waals surface area contributed by atoms with Gasteiger partial charge in [-0.15, -0.1) is 0 Å². The van der Waals surface area contributed by atoms with E-state index in [1.165, 1.54) is 5.57 Å². The van der Waals surface area contributed by atoms with Crippen LogP contribution in [0.4, 0.5) is 0 Å². The first kappa shape index (κ1) is 18.0. The molecule has 0 saturated carbocycles. The van der Waals surface area contributed by atoms with E-state index in [4.69, 9.17) is 9.15 Å². The topological polar surface area (TPSA) is 64.4 Å². The van der Waals surface area contributed by atoms with Crippen LogP contribution in [-0.4, -0.2) is 24.5 Å². The van der Waals surface area contributed by atoms with Gasteiger partial charge in [0.25, 0.3) is 0 Å². The minimum absolute atomic E-state index is 0.0781. The van der Waals surface area contributed by atoms with Crippen LogP contribution < -0.4 is 10.1 Å². The zero-order chi connectivity index (χ0) is 18.4. The molecule has 1 amide bonds. The van der Waals surface area contributed by atoms with Crippen molar-refractivity contribution in [3.63, 3.8) is 0 Å². The molecule has 2 aromatic rings. The molecule has 0 aliphatic heterocycles. The molecule has 3 rings (SSSR count). The van der Waals surface area contributed by atoms with Crippen molar-refractivity contribution in [1.29, 1.82) is 0 Å². The van der Waals surface area contributed by atoms with Crippen molar-refractivity contribution in [2.75, 3.05) is 13.7 Å². The second-order valence-corrected chi connectivity index (χ2v) is 6.34. The Hall–Kier alpha value is -2.82. The highest BCUT2D eigenvalue weighted by Gasteiger charge is 2.12.